The standard InChI is InChI=1S/C7H10O2S2.C3H6Br2O.C3H6OS2.CH2Cl2/c1-5(2)7(8)9-6-3-10-11-4-6;4-1-3(6)2-5;4-3-1-5-6-2-3;2-1-3/h6H,1,3-4H2,2H3;3,6H,1-2H2;3-4H,1-2H2;1H2. The van der Waals surface area contributed by atoms with Gasteiger partial charge in [-0.3, -0.25) is 0 Å². The van der Waals surface area contributed by atoms with Crippen molar-refractivity contribution in [3.8, 4) is 0 Å². The maximum atomic E-state index is 11.0. The van der Waals surface area contributed by atoms with E-state index in [1.165, 1.54) is 0 Å². The molecule has 12 heteroatoms. The van der Waals surface area contributed by atoms with Crippen LogP contribution in [0.5, 0.6) is 0 Å². The molecule has 0 aromatic heterocycles. The molecule has 0 spiro atoms. The van der Waals surface area contributed by atoms with Gasteiger partial charge in [0.2, 0.25) is 0 Å². The molecular weight excluding hydrogens is 591 g/mol. The molecule has 2 rings (SSSR count). The summed E-state index contributed by atoms with van der Waals surface area (Å²) in [6.07, 6.45) is -0.167. The first-order valence-corrected chi connectivity index (χ1v) is 15.6. The third-order valence-electron chi connectivity index (χ3n) is 2.17. The summed E-state index contributed by atoms with van der Waals surface area (Å²) in [6, 6.07) is 0. The minimum atomic E-state index is -0.266. The molecule has 0 atom stereocenters. The molecule has 2 N–H and O–H groups in total. The number of aliphatic hydroxyl groups excluding tert-OH is 2. The van der Waals surface area contributed by atoms with Gasteiger partial charge in [-0.05, 0) is 6.92 Å². The van der Waals surface area contributed by atoms with Crippen LogP contribution in [0.1, 0.15) is 6.92 Å². The van der Waals surface area contributed by atoms with Gasteiger partial charge in [0.15, 0.2) is 0 Å². The largest absolute Gasteiger partial charge is 0.457 e. The van der Waals surface area contributed by atoms with Crippen molar-refractivity contribution in [2.45, 2.75) is 25.2 Å². The predicted octanol–water partition coefficient (Wildman–Crippen LogP) is 5.17. The summed E-state index contributed by atoms with van der Waals surface area (Å²) in [5.41, 5.74) is 0.479. The van der Waals surface area contributed by atoms with Gasteiger partial charge >= 0.3 is 5.97 Å². The first-order chi connectivity index (χ1) is 12.3. The second-order valence-corrected chi connectivity index (χ2v) is 11.9. The maximum absolute atomic E-state index is 11.0. The van der Waals surface area contributed by atoms with E-state index in [9.17, 15) is 4.79 Å². The van der Waals surface area contributed by atoms with Gasteiger partial charge in [-0.1, -0.05) is 81.6 Å². The van der Waals surface area contributed by atoms with Gasteiger partial charge in [0, 0.05) is 39.2 Å². The number of alkyl halides is 4. The molecule has 0 radical (unpaired) electrons. The van der Waals surface area contributed by atoms with Crippen molar-refractivity contribution in [1.29, 1.82) is 0 Å². The molecule has 2 fully saturated rings. The van der Waals surface area contributed by atoms with Crippen LogP contribution in [0, 0.1) is 0 Å². The average molecular weight is 615 g/mol. The molecule has 0 unspecified atom stereocenters. The Kier molecular flexibility index (Phi) is 25.3. The van der Waals surface area contributed by atoms with E-state index in [1.807, 2.05) is 0 Å². The second kappa shape index (κ2) is 21.8. The van der Waals surface area contributed by atoms with Gasteiger partial charge in [0.1, 0.15) is 6.10 Å². The fraction of sp³-hybridized carbons (Fsp3) is 0.786. The van der Waals surface area contributed by atoms with E-state index in [-0.39, 0.29) is 29.6 Å². The zero-order valence-electron chi connectivity index (χ0n) is 14.2. The molecule has 4 nitrogen and oxygen atoms in total. The molecule has 0 amide bonds. The molecule has 0 bridgehead atoms. The van der Waals surface area contributed by atoms with Gasteiger partial charge in [0.25, 0.3) is 0 Å². The number of halogens is 4. The normalized spacial score (nSPS) is 16.6. The molecule has 26 heavy (non-hydrogen) atoms. The Balaban J connectivity index is 0. The number of esters is 1. The summed E-state index contributed by atoms with van der Waals surface area (Å²) in [6.45, 7) is 5.17. The quantitative estimate of drug-likeness (QED) is 0.195. The van der Waals surface area contributed by atoms with Crippen LogP contribution in [-0.4, -0.2) is 73.5 Å². The summed E-state index contributed by atoms with van der Waals surface area (Å²) < 4.78 is 5.09. The van der Waals surface area contributed by atoms with Gasteiger partial charge in [0.05, 0.1) is 17.5 Å². The molecule has 2 aliphatic heterocycles. The predicted molar refractivity (Wildman–Crippen MR) is 131 cm³/mol. The lowest BCUT2D eigenvalue weighted by Gasteiger charge is -2.08. The summed E-state index contributed by atoms with van der Waals surface area (Å²) in [4.78, 5) is 11.0. The number of carbonyl (C=O) groups excluding carboxylic acids is 1. The van der Waals surface area contributed by atoms with Crippen molar-refractivity contribution in [3.05, 3.63) is 12.2 Å². The highest BCUT2D eigenvalue weighted by molar-refractivity contribution is 9.09. The van der Waals surface area contributed by atoms with Crippen molar-refractivity contribution in [2.75, 3.05) is 39.0 Å². The molecule has 0 aliphatic carbocycles. The molecule has 2 saturated heterocycles. The zero-order valence-corrected chi connectivity index (χ0v) is 22.2. The first-order valence-electron chi connectivity index (χ1n) is 7.27. The van der Waals surface area contributed by atoms with Crippen LogP contribution in [0.25, 0.3) is 0 Å². The fourth-order valence-electron chi connectivity index (χ4n) is 0.959. The monoisotopic (exact) mass is 612 g/mol. The van der Waals surface area contributed by atoms with E-state index in [2.05, 4.69) is 38.4 Å². The van der Waals surface area contributed by atoms with Gasteiger partial charge in [-0.15, -0.1) is 23.2 Å². The highest BCUT2D eigenvalue weighted by atomic mass is 79.9. The lowest BCUT2D eigenvalue weighted by molar-refractivity contribution is -0.142. The third kappa shape index (κ3) is 20.8. The lowest BCUT2D eigenvalue weighted by Crippen LogP contribution is -2.19. The smallest absolute Gasteiger partial charge is 0.333 e. The highest BCUT2D eigenvalue weighted by Gasteiger charge is 2.20. The number of hydrogen-bond acceptors (Lipinski definition) is 8. The Morgan fingerprint density at radius 2 is 1.54 bits per heavy atom. The van der Waals surface area contributed by atoms with E-state index in [0.29, 0.717) is 16.2 Å². The van der Waals surface area contributed by atoms with Gasteiger partial charge in [-0.2, -0.15) is 0 Å². The molecule has 0 aromatic carbocycles. The van der Waals surface area contributed by atoms with E-state index < -0.39 is 0 Å². The van der Waals surface area contributed by atoms with E-state index in [0.717, 1.165) is 23.0 Å². The molecule has 156 valence electrons. The molecule has 2 aliphatic rings. The maximum Gasteiger partial charge on any atom is 0.333 e. The van der Waals surface area contributed by atoms with Crippen LogP contribution in [0.3, 0.4) is 0 Å². The Morgan fingerprint density at radius 3 is 1.77 bits per heavy atom. The molecule has 2 heterocycles. The Labute approximate surface area is 198 Å². The third-order valence-corrected chi connectivity index (χ3v) is 8.69. The van der Waals surface area contributed by atoms with E-state index in [1.54, 1.807) is 50.1 Å². The summed E-state index contributed by atoms with van der Waals surface area (Å²) in [5.74, 6) is 3.39. The zero-order chi connectivity index (χ0) is 20.4. The summed E-state index contributed by atoms with van der Waals surface area (Å²) in [7, 11) is 6.99. The number of rotatable bonds is 4. The van der Waals surface area contributed by atoms with E-state index in [4.69, 9.17) is 38.2 Å². The molecular formula is C14H24Br2Cl2O4S4. The second-order valence-electron chi connectivity index (χ2n) is 4.66. The first kappa shape index (κ1) is 30.3. The van der Waals surface area contributed by atoms with Crippen molar-refractivity contribution in [3.63, 3.8) is 0 Å². The van der Waals surface area contributed by atoms with Crippen molar-refractivity contribution >= 4 is 104 Å². The number of aliphatic hydroxyl groups is 2. The Hall–Kier alpha value is 2.07. The minimum Gasteiger partial charge on any atom is -0.457 e. The fourth-order valence-corrected chi connectivity index (χ4v) is 6.95. The number of ether oxygens (including phenoxy) is 1. The Bertz CT molecular complexity index is 358. The highest BCUT2D eigenvalue weighted by Crippen LogP contribution is 2.32. The SMILES string of the molecule is C=C(C)C(=O)OC1CSSC1.ClCCl.OC(CBr)CBr.OC1CSSC1. The minimum absolute atomic E-state index is 0.0278. The summed E-state index contributed by atoms with van der Waals surface area (Å²) >= 11 is 15.7. The van der Waals surface area contributed by atoms with E-state index >= 15 is 0 Å². The van der Waals surface area contributed by atoms with Crippen LogP contribution in [-0.2, 0) is 9.53 Å². The average Bonchev–Trinajstić information content (AvgIpc) is 3.29. The van der Waals surface area contributed by atoms with Crippen molar-refractivity contribution in [2.24, 2.45) is 0 Å². The van der Waals surface area contributed by atoms with Gasteiger partial charge in [-0.25, -0.2) is 4.79 Å². The topological polar surface area (TPSA) is 66.8 Å². The number of carbonyl (C=O) groups is 1. The Morgan fingerprint density at radius 1 is 1.15 bits per heavy atom. The van der Waals surface area contributed by atoms with Crippen LogP contribution in [0.15, 0.2) is 12.2 Å². The lowest BCUT2D eigenvalue weighted by atomic mass is 10.3. The van der Waals surface area contributed by atoms with Gasteiger partial charge < -0.3 is 14.9 Å². The summed E-state index contributed by atoms with van der Waals surface area (Å²) in [5, 5.41) is 18.8. The number of hydrogen-bond donors (Lipinski definition) is 2. The molecule has 0 aromatic rings. The van der Waals surface area contributed by atoms with Crippen LogP contribution in [0.2, 0.25) is 0 Å². The van der Waals surface area contributed by atoms with Crippen molar-refractivity contribution in [1.82, 2.24) is 0 Å². The van der Waals surface area contributed by atoms with Crippen LogP contribution < -0.4 is 0 Å². The van der Waals surface area contributed by atoms with Crippen LogP contribution in [0.4, 0.5) is 0 Å². The van der Waals surface area contributed by atoms with Crippen molar-refractivity contribution < 1.29 is 19.7 Å². The van der Waals surface area contributed by atoms with Crippen LogP contribution >= 0.6 is 98.2 Å². The molecule has 0 saturated carbocycles.